The highest BCUT2D eigenvalue weighted by molar-refractivity contribution is 6.33. The van der Waals surface area contributed by atoms with Crippen molar-refractivity contribution in [2.45, 2.75) is 25.4 Å². The highest BCUT2D eigenvalue weighted by atomic mass is 35.5. The van der Waals surface area contributed by atoms with E-state index >= 15 is 0 Å². The number of pyridine rings is 1. The molecule has 7 heteroatoms. The maximum Gasteiger partial charge on any atom is 0.337 e. The Labute approximate surface area is 116 Å². The number of aromatic carboxylic acids is 1. The number of rotatable bonds is 7. The Kier molecular flexibility index (Phi) is 5.53. The molecule has 6 nitrogen and oxygen atoms in total. The lowest BCUT2D eigenvalue weighted by Gasteiger charge is -2.23. The van der Waals surface area contributed by atoms with Crippen LogP contribution in [0.3, 0.4) is 0 Å². The molecule has 0 radical (unpaired) electrons. The lowest BCUT2D eigenvalue weighted by Crippen LogP contribution is -2.33. The van der Waals surface area contributed by atoms with Crippen molar-refractivity contribution in [3.63, 3.8) is 0 Å². The van der Waals surface area contributed by atoms with Gasteiger partial charge in [-0.2, -0.15) is 0 Å². The number of nitrogens with zero attached hydrogens (tertiary/aromatic N) is 1. The fourth-order valence-corrected chi connectivity index (χ4v) is 1.74. The molecule has 0 aliphatic rings. The second-order valence-electron chi connectivity index (χ2n) is 4.54. The van der Waals surface area contributed by atoms with Crippen LogP contribution in [0.4, 0.5) is 5.82 Å². The number of carboxylic acid groups (broad SMARTS) is 1. The number of hydrogen-bond donors (Lipinski definition) is 4. The third-order valence-corrected chi connectivity index (χ3v) is 2.89. The number of aliphatic hydroxyl groups excluding tert-OH is 1. The summed E-state index contributed by atoms with van der Waals surface area (Å²) in [6.07, 6.45) is 2.12. The maximum absolute atomic E-state index is 10.7. The second-order valence-corrected chi connectivity index (χ2v) is 4.94. The Hall–Kier alpha value is -1.37. The molecule has 1 heterocycles. The molecule has 0 fully saturated rings. The van der Waals surface area contributed by atoms with Gasteiger partial charge in [-0.1, -0.05) is 11.6 Å². The van der Waals surface area contributed by atoms with Crippen molar-refractivity contribution in [2.24, 2.45) is 0 Å². The third kappa shape index (κ3) is 5.02. The summed E-state index contributed by atoms with van der Waals surface area (Å²) in [5.74, 6) is -0.785. The van der Waals surface area contributed by atoms with Gasteiger partial charge >= 0.3 is 5.97 Å². The molecule has 0 saturated heterocycles. The number of halogens is 1. The summed E-state index contributed by atoms with van der Waals surface area (Å²) >= 11 is 5.90. The smallest absolute Gasteiger partial charge is 0.337 e. The molecule has 1 aromatic heterocycles. The number of hydrogen-bond acceptors (Lipinski definition) is 5. The SMILES string of the molecule is CC(O)(CCCO)CNc1ncc(C(=O)O)cc1Cl. The summed E-state index contributed by atoms with van der Waals surface area (Å²) < 4.78 is 0. The molecular weight excluding hydrogens is 272 g/mol. The highest BCUT2D eigenvalue weighted by Crippen LogP contribution is 2.21. The predicted octanol–water partition coefficient (Wildman–Crippen LogP) is 1.37. The van der Waals surface area contributed by atoms with Gasteiger partial charge in [-0.25, -0.2) is 9.78 Å². The van der Waals surface area contributed by atoms with Gasteiger partial charge in [0.05, 0.1) is 16.2 Å². The lowest BCUT2D eigenvalue weighted by molar-refractivity contribution is 0.0564. The Morgan fingerprint density at radius 2 is 2.26 bits per heavy atom. The van der Waals surface area contributed by atoms with Crippen molar-refractivity contribution < 1.29 is 20.1 Å². The van der Waals surface area contributed by atoms with Gasteiger partial charge in [0.25, 0.3) is 0 Å². The summed E-state index contributed by atoms with van der Waals surface area (Å²) in [7, 11) is 0. The minimum atomic E-state index is -1.10. The molecule has 0 aliphatic carbocycles. The van der Waals surface area contributed by atoms with Crippen LogP contribution in [0.1, 0.15) is 30.1 Å². The van der Waals surface area contributed by atoms with E-state index in [2.05, 4.69) is 10.3 Å². The molecule has 0 bridgehead atoms. The zero-order valence-electron chi connectivity index (χ0n) is 10.6. The van der Waals surface area contributed by atoms with E-state index in [1.807, 2.05) is 0 Å². The molecule has 19 heavy (non-hydrogen) atoms. The standard InChI is InChI=1S/C12H17ClN2O4/c1-12(19,3-2-4-16)7-15-10-9(13)5-8(6-14-10)11(17)18/h5-6,16,19H,2-4,7H2,1H3,(H,14,15)(H,17,18). The average molecular weight is 289 g/mol. The molecule has 0 spiro atoms. The normalized spacial score (nSPS) is 13.9. The highest BCUT2D eigenvalue weighted by Gasteiger charge is 2.20. The largest absolute Gasteiger partial charge is 0.478 e. The first-order chi connectivity index (χ1) is 8.85. The van der Waals surface area contributed by atoms with Gasteiger partial charge in [0, 0.05) is 19.3 Å². The third-order valence-electron chi connectivity index (χ3n) is 2.60. The zero-order chi connectivity index (χ0) is 14.5. The summed E-state index contributed by atoms with van der Waals surface area (Å²) in [4.78, 5) is 14.6. The van der Waals surface area contributed by atoms with Crippen LogP contribution in [0.25, 0.3) is 0 Å². The molecule has 0 aliphatic heterocycles. The molecule has 0 saturated carbocycles. The summed E-state index contributed by atoms with van der Waals surface area (Å²) in [6, 6.07) is 1.29. The van der Waals surface area contributed by atoms with E-state index in [1.54, 1.807) is 6.92 Å². The molecule has 106 valence electrons. The zero-order valence-corrected chi connectivity index (χ0v) is 11.3. The van der Waals surface area contributed by atoms with Crippen LogP contribution in [0.5, 0.6) is 0 Å². The van der Waals surface area contributed by atoms with Crippen LogP contribution in [0, 0.1) is 0 Å². The van der Waals surface area contributed by atoms with Crippen LogP contribution < -0.4 is 5.32 Å². The molecule has 1 aromatic rings. The quantitative estimate of drug-likeness (QED) is 0.604. The topological polar surface area (TPSA) is 103 Å². The van der Waals surface area contributed by atoms with Crippen molar-refractivity contribution in [1.82, 2.24) is 4.98 Å². The molecule has 1 atom stereocenters. The fourth-order valence-electron chi connectivity index (χ4n) is 1.51. The minimum absolute atomic E-state index is 0.00240. The Bertz CT molecular complexity index is 451. The van der Waals surface area contributed by atoms with Gasteiger partial charge in [0.1, 0.15) is 5.82 Å². The number of aromatic nitrogens is 1. The summed E-state index contributed by atoms with van der Waals surface area (Å²) in [5, 5.41) is 30.5. The Morgan fingerprint density at radius 1 is 1.58 bits per heavy atom. The average Bonchev–Trinajstić information content (AvgIpc) is 2.35. The van der Waals surface area contributed by atoms with Crippen LogP contribution >= 0.6 is 11.6 Å². The van der Waals surface area contributed by atoms with Crippen LogP contribution in [0.2, 0.25) is 5.02 Å². The first-order valence-electron chi connectivity index (χ1n) is 5.82. The number of carboxylic acids is 1. The monoisotopic (exact) mass is 288 g/mol. The molecule has 1 unspecified atom stereocenters. The Balaban J connectivity index is 2.65. The molecular formula is C12H17ClN2O4. The molecule has 0 aromatic carbocycles. The molecule has 4 N–H and O–H groups in total. The van der Waals surface area contributed by atoms with Gasteiger partial charge in [-0.15, -0.1) is 0 Å². The second kappa shape index (κ2) is 6.70. The summed E-state index contributed by atoms with van der Waals surface area (Å²) in [5.41, 5.74) is -0.998. The van der Waals surface area contributed by atoms with E-state index in [0.29, 0.717) is 18.7 Å². The van der Waals surface area contributed by atoms with Crippen LogP contribution in [-0.2, 0) is 0 Å². The van der Waals surface area contributed by atoms with Crippen LogP contribution in [0.15, 0.2) is 12.3 Å². The maximum atomic E-state index is 10.7. The Morgan fingerprint density at radius 3 is 2.79 bits per heavy atom. The van der Waals surface area contributed by atoms with E-state index < -0.39 is 11.6 Å². The number of aliphatic hydroxyl groups is 2. The van der Waals surface area contributed by atoms with E-state index in [4.69, 9.17) is 21.8 Å². The lowest BCUT2D eigenvalue weighted by atomic mass is 10.0. The number of carbonyl (C=O) groups is 1. The van der Waals surface area contributed by atoms with Gasteiger partial charge < -0.3 is 20.6 Å². The summed E-state index contributed by atoms with van der Waals surface area (Å²) in [6.45, 7) is 1.85. The predicted molar refractivity (Wildman–Crippen MR) is 71.6 cm³/mol. The van der Waals surface area contributed by atoms with Gasteiger partial charge in [-0.05, 0) is 25.8 Å². The van der Waals surface area contributed by atoms with Gasteiger partial charge in [-0.3, -0.25) is 0 Å². The van der Waals surface area contributed by atoms with Crippen molar-refractivity contribution in [3.05, 3.63) is 22.8 Å². The van der Waals surface area contributed by atoms with Gasteiger partial charge in [0.2, 0.25) is 0 Å². The molecule has 0 amide bonds. The number of nitrogens with one attached hydrogen (secondary N) is 1. The fraction of sp³-hybridized carbons (Fsp3) is 0.500. The van der Waals surface area contributed by atoms with Crippen LogP contribution in [-0.4, -0.2) is 45.0 Å². The van der Waals surface area contributed by atoms with E-state index in [1.165, 1.54) is 12.3 Å². The van der Waals surface area contributed by atoms with E-state index in [-0.39, 0.29) is 23.7 Å². The van der Waals surface area contributed by atoms with Crippen molar-refractivity contribution in [2.75, 3.05) is 18.5 Å². The first-order valence-corrected chi connectivity index (χ1v) is 6.19. The minimum Gasteiger partial charge on any atom is -0.478 e. The van der Waals surface area contributed by atoms with Gasteiger partial charge in [0.15, 0.2) is 0 Å². The van der Waals surface area contributed by atoms with Crippen molar-refractivity contribution in [1.29, 1.82) is 0 Å². The van der Waals surface area contributed by atoms with E-state index in [0.717, 1.165) is 0 Å². The van der Waals surface area contributed by atoms with E-state index in [9.17, 15) is 9.90 Å². The first kappa shape index (κ1) is 15.7. The molecule has 1 rings (SSSR count). The van der Waals surface area contributed by atoms with Crippen molar-refractivity contribution in [3.8, 4) is 0 Å². The van der Waals surface area contributed by atoms with Crippen molar-refractivity contribution >= 4 is 23.4 Å². The number of anilines is 1.